The number of anilines is 1. The predicted octanol–water partition coefficient (Wildman–Crippen LogP) is 3.56. The molecule has 3 rings (SSSR count). The number of carbonyl (C=O) groups is 4. The van der Waals surface area contributed by atoms with Crippen molar-refractivity contribution in [1.82, 2.24) is 4.90 Å². The van der Waals surface area contributed by atoms with Crippen LogP contribution in [-0.4, -0.2) is 44.6 Å². The Balaban J connectivity index is 1.87. The van der Waals surface area contributed by atoms with E-state index in [0.29, 0.717) is 41.4 Å². The van der Waals surface area contributed by atoms with Crippen LogP contribution in [0.4, 0.5) is 5.69 Å². The van der Waals surface area contributed by atoms with Crippen LogP contribution < -0.4 is 4.90 Å². The van der Waals surface area contributed by atoms with Crippen molar-refractivity contribution in [3.8, 4) is 0 Å². The van der Waals surface area contributed by atoms with E-state index >= 15 is 0 Å². The van der Waals surface area contributed by atoms with E-state index in [1.165, 1.54) is 11.8 Å². The number of amides is 3. The van der Waals surface area contributed by atoms with Crippen LogP contribution in [0.3, 0.4) is 0 Å². The zero-order valence-electron chi connectivity index (χ0n) is 15.4. The Bertz CT molecular complexity index is 975. The summed E-state index contributed by atoms with van der Waals surface area (Å²) in [6.45, 7) is 1.66. The summed E-state index contributed by atoms with van der Waals surface area (Å²) in [6.07, 6.45) is 1.88. The maximum absolute atomic E-state index is 13.0. The topological polar surface area (TPSA) is 95.0 Å². The van der Waals surface area contributed by atoms with E-state index in [0.717, 1.165) is 21.1 Å². The number of rotatable bonds is 6. The molecular weight excluding hydrogens is 480 g/mol. The van der Waals surface area contributed by atoms with Crippen molar-refractivity contribution in [2.45, 2.75) is 32.6 Å². The van der Waals surface area contributed by atoms with E-state index in [4.69, 9.17) is 17.3 Å². The van der Waals surface area contributed by atoms with E-state index in [1.54, 1.807) is 18.2 Å². The number of aliphatic carboxylic acids is 1. The fourth-order valence-corrected chi connectivity index (χ4v) is 4.98. The number of carboxylic acids is 1. The summed E-state index contributed by atoms with van der Waals surface area (Å²) < 4.78 is 1.07. The van der Waals surface area contributed by atoms with Gasteiger partial charge in [-0.05, 0) is 31.0 Å². The van der Waals surface area contributed by atoms with E-state index in [1.807, 2.05) is 0 Å². The van der Waals surface area contributed by atoms with Crippen LogP contribution in [0, 0.1) is 0 Å². The number of imide groups is 1. The van der Waals surface area contributed by atoms with Gasteiger partial charge in [0, 0.05) is 29.9 Å². The second kappa shape index (κ2) is 8.76. The van der Waals surface area contributed by atoms with Gasteiger partial charge in [0.1, 0.15) is 4.32 Å². The molecule has 29 heavy (non-hydrogen) atoms. The number of halogens is 1. The molecule has 0 unspecified atom stereocenters. The van der Waals surface area contributed by atoms with Gasteiger partial charge in [-0.2, -0.15) is 0 Å². The number of carbonyl (C=O) groups excluding carboxylic acids is 3. The van der Waals surface area contributed by atoms with Gasteiger partial charge in [-0.1, -0.05) is 46.3 Å². The number of hydrogen-bond donors (Lipinski definition) is 1. The van der Waals surface area contributed by atoms with E-state index in [-0.39, 0.29) is 22.8 Å². The number of hydrogen-bond acceptors (Lipinski definition) is 6. The van der Waals surface area contributed by atoms with Crippen molar-refractivity contribution in [2.75, 3.05) is 11.4 Å². The lowest BCUT2D eigenvalue weighted by atomic mass is 10.1. The first-order chi connectivity index (χ1) is 13.7. The van der Waals surface area contributed by atoms with Crippen LogP contribution in [0.25, 0.3) is 5.57 Å². The Morgan fingerprint density at radius 2 is 1.90 bits per heavy atom. The lowest BCUT2D eigenvalue weighted by Crippen LogP contribution is -2.32. The highest BCUT2D eigenvalue weighted by Crippen LogP contribution is 2.45. The number of thioether (sulfide) groups is 1. The van der Waals surface area contributed by atoms with Gasteiger partial charge in [-0.25, -0.2) is 4.90 Å². The SMILES string of the molecule is CC(=O)N1C(=O)C(=C2SC(=S)N(CCCCCC(=O)O)C2=O)c2cc(Br)ccc21. The summed E-state index contributed by atoms with van der Waals surface area (Å²) in [6, 6.07) is 5.10. The molecular formula is C19H17BrN2O5S2. The van der Waals surface area contributed by atoms with Crippen LogP contribution in [0.2, 0.25) is 0 Å². The summed E-state index contributed by atoms with van der Waals surface area (Å²) in [7, 11) is 0. The molecule has 0 spiro atoms. The minimum atomic E-state index is -0.847. The van der Waals surface area contributed by atoms with Gasteiger partial charge < -0.3 is 5.11 Å². The van der Waals surface area contributed by atoms with Gasteiger partial charge in [-0.15, -0.1) is 0 Å². The van der Waals surface area contributed by atoms with Crippen LogP contribution in [0.5, 0.6) is 0 Å². The molecule has 2 heterocycles. The van der Waals surface area contributed by atoms with Crippen molar-refractivity contribution >= 4 is 79.2 Å². The molecule has 0 atom stereocenters. The molecule has 0 radical (unpaired) electrons. The molecule has 3 amide bonds. The maximum atomic E-state index is 13.0. The lowest BCUT2D eigenvalue weighted by molar-refractivity contribution is -0.137. The van der Waals surface area contributed by atoms with Crippen LogP contribution in [0.15, 0.2) is 27.6 Å². The first kappa shape index (κ1) is 21.7. The largest absolute Gasteiger partial charge is 0.481 e. The number of carboxylic acid groups (broad SMARTS) is 1. The van der Waals surface area contributed by atoms with Crippen LogP contribution in [0.1, 0.15) is 38.2 Å². The molecule has 0 aromatic heterocycles. The van der Waals surface area contributed by atoms with Gasteiger partial charge in [0.05, 0.1) is 16.2 Å². The van der Waals surface area contributed by atoms with Crippen molar-refractivity contribution in [2.24, 2.45) is 0 Å². The van der Waals surface area contributed by atoms with Crippen LogP contribution >= 0.6 is 39.9 Å². The lowest BCUT2D eigenvalue weighted by Gasteiger charge is -2.14. The molecule has 1 aromatic rings. The number of thiocarbonyl (C=S) groups is 1. The average Bonchev–Trinajstić information content (AvgIpc) is 3.07. The molecule has 152 valence electrons. The van der Waals surface area contributed by atoms with E-state index in [9.17, 15) is 19.2 Å². The van der Waals surface area contributed by atoms with Gasteiger partial charge in [0.2, 0.25) is 5.91 Å². The molecule has 2 aliphatic rings. The van der Waals surface area contributed by atoms with Crippen molar-refractivity contribution < 1.29 is 24.3 Å². The van der Waals surface area contributed by atoms with Crippen LogP contribution in [-0.2, 0) is 19.2 Å². The Morgan fingerprint density at radius 3 is 2.55 bits per heavy atom. The second-order valence-electron chi connectivity index (χ2n) is 6.55. The monoisotopic (exact) mass is 496 g/mol. The van der Waals surface area contributed by atoms with Gasteiger partial charge in [0.15, 0.2) is 0 Å². The summed E-state index contributed by atoms with van der Waals surface area (Å²) in [5.41, 5.74) is 1.14. The van der Waals surface area contributed by atoms with E-state index < -0.39 is 17.8 Å². The number of unbranched alkanes of at least 4 members (excludes halogenated alkanes) is 2. The highest BCUT2D eigenvalue weighted by molar-refractivity contribution is 9.10. The van der Waals surface area contributed by atoms with Gasteiger partial charge >= 0.3 is 5.97 Å². The Morgan fingerprint density at radius 1 is 1.17 bits per heavy atom. The van der Waals surface area contributed by atoms with Crippen molar-refractivity contribution in [1.29, 1.82) is 0 Å². The van der Waals surface area contributed by atoms with E-state index in [2.05, 4.69) is 15.9 Å². The number of benzene rings is 1. The molecule has 0 aliphatic carbocycles. The Hall–Kier alpha value is -2.04. The highest BCUT2D eigenvalue weighted by Gasteiger charge is 2.43. The molecule has 1 fully saturated rings. The molecule has 7 nitrogen and oxygen atoms in total. The quantitative estimate of drug-likeness (QED) is 0.365. The summed E-state index contributed by atoms with van der Waals surface area (Å²) in [5, 5.41) is 8.69. The fraction of sp³-hybridized carbons (Fsp3) is 0.316. The van der Waals surface area contributed by atoms with Gasteiger partial charge in [0.25, 0.3) is 11.8 Å². The fourth-order valence-electron chi connectivity index (χ4n) is 3.24. The predicted molar refractivity (Wildman–Crippen MR) is 117 cm³/mol. The Kier molecular flexibility index (Phi) is 6.55. The molecule has 1 N–H and O–H groups in total. The van der Waals surface area contributed by atoms with Crippen molar-refractivity contribution in [3.63, 3.8) is 0 Å². The first-order valence-electron chi connectivity index (χ1n) is 8.87. The zero-order chi connectivity index (χ0) is 21.3. The minimum absolute atomic E-state index is 0.0868. The molecule has 0 saturated carbocycles. The number of fused-ring (bicyclic) bond motifs is 1. The molecule has 0 bridgehead atoms. The minimum Gasteiger partial charge on any atom is -0.481 e. The smallest absolute Gasteiger partial charge is 0.303 e. The van der Waals surface area contributed by atoms with Gasteiger partial charge in [-0.3, -0.25) is 24.1 Å². The number of nitrogens with zero attached hydrogens (tertiary/aromatic N) is 2. The standard InChI is InChI=1S/C19H17BrN2O5S2/c1-10(23)22-13-7-6-11(20)9-12(13)15(17(22)26)16-18(27)21(19(28)29-16)8-4-2-3-5-14(24)25/h6-7,9H,2-5,8H2,1H3,(H,24,25). The normalized spacial score (nSPS) is 18.6. The third-order valence-electron chi connectivity index (χ3n) is 4.55. The average molecular weight is 497 g/mol. The highest BCUT2D eigenvalue weighted by atomic mass is 79.9. The third-order valence-corrected chi connectivity index (χ3v) is 6.49. The second-order valence-corrected chi connectivity index (χ2v) is 9.11. The molecule has 1 aromatic carbocycles. The first-order valence-corrected chi connectivity index (χ1v) is 10.9. The van der Waals surface area contributed by atoms with Crippen molar-refractivity contribution in [3.05, 3.63) is 33.1 Å². The summed E-state index contributed by atoms with van der Waals surface area (Å²) in [4.78, 5) is 51.3. The molecule has 10 heteroatoms. The molecule has 1 saturated heterocycles. The maximum Gasteiger partial charge on any atom is 0.303 e. The Labute approximate surface area is 185 Å². The zero-order valence-corrected chi connectivity index (χ0v) is 18.7. The molecule has 2 aliphatic heterocycles. The third kappa shape index (κ3) is 4.29. The summed E-state index contributed by atoms with van der Waals surface area (Å²) in [5.74, 6) is -2.17. The summed E-state index contributed by atoms with van der Waals surface area (Å²) >= 11 is 9.76.